The number of carboxylic acid groups (broad SMARTS) is 1. The van der Waals surface area contributed by atoms with Gasteiger partial charge in [-0.3, -0.25) is 10.1 Å². The lowest BCUT2D eigenvalue weighted by molar-refractivity contribution is -0.384. The molecule has 1 aromatic carbocycles. The van der Waals surface area contributed by atoms with Gasteiger partial charge in [0.2, 0.25) is 0 Å². The molecule has 0 aliphatic carbocycles. The first-order valence-corrected chi connectivity index (χ1v) is 5.92. The van der Waals surface area contributed by atoms with Gasteiger partial charge in [-0.2, -0.15) is 0 Å². The molecule has 0 aromatic heterocycles. The number of hydrogen-bond donors (Lipinski definition) is 1. The number of rotatable bonds is 4. The molecule has 0 atom stereocenters. The summed E-state index contributed by atoms with van der Waals surface area (Å²) in [6.07, 6.45) is 2.87. The Bertz CT molecular complexity index is 496. The van der Waals surface area contributed by atoms with Gasteiger partial charge < -0.3 is 5.11 Å². The third kappa shape index (κ3) is 3.32. The first-order chi connectivity index (χ1) is 7.95. The van der Waals surface area contributed by atoms with Crippen LogP contribution in [0.4, 0.5) is 5.69 Å². The monoisotopic (exact) mass is 253 g/mol. The summed E-state index contributed by atoms with van der Waals surface area (Å²) in [5.41, 5.74) is 1.02. The van der Waals surface area contributed by atoms with Gasteiger partial charge in [-0.25, -0.2) is 4.79 Å². The van der Waals surface area contributed by atoms with E-state index in [1.807, 2.05) is 6.26 Å². The summed E-state index contributed by atoms with van der Waals surface area (Å²) in [6, 6.07) is 4.42. The van der Waals surface area contributed by atoms with E-state index < -0.39 is 10.9 Å². The van der Waals surface area contributed by atoms with Crippen molar-refractivity contribution in [2.24, 2.45) is 0 Å². The van der Waals surface area contributed by atoms with E-state index in [0.29, 0.717) is 11.1 Å². The number of aliphatic carboxylic acids is 1. The van der Waals surface area contributed by atoms with Gasteiger partial charge in [0.25, 0.3) is 5.69 Å². The number of carbonyl (C=O) groups is 1. The van der Waals surface area contributed by atoms with Crippen LogP contribution >= 0.6 is 11.8 Å². The van der Waals surface area contributed by atoms with E-state index >= 15 is 0 Å². The Morgan fingerprint density at radius 2 is 2.18 bits per heavy atom. The van der Waals surface area contributed by atoms with Crippen molar-refractivity contribution in [2.45, 2.75) is 11.8 Å². The van der Waals surface area contributed by atoms with Crippen LogP contribution in [0.15, 0.2) is 29.2 Å². The van der Waals surface area contributed by atoms with Gasteiger partial charge in [0.05, 0.1) is 4.92 Å². The summed E-state index contributed by atoms with van der Waals surface area (Å²) in [6.45, 7) is 1.62. The number of thioether (sulfide) groups is 1. The quantitative estimate of drug-likeness (QED) is 0.386. The molecule has 17 heavy (non-hydrogen) atoms. The van der Waals surface area contributed by atoms with Crippen molar-refractivity contribution in [2.75, 3.05) is 6.26 Å². The van der Waals surface area contributed by atoms with Crippen molar-refractivity contribution in [3.8, 4) is 0 Å². The molecule has 0 unspecified atom stereocenters. The van der Waals surface area contributed by atoms with E-state index in [9.17, 15) is 14.9 Å². The molecule has 0 aliphatic rings. The molecular weight excluding hydrogens is 242 g/mol. The topological polar surface area (TPSA) is 80.4 Å². The SMILES string of the molecule is CSc1ccc([N+](=O)[O-])cc1C(C)=CC(=O)O. The fourth-order valence-corrected chi connectivity index (χ4v) is 2.02. The predicted molar refractivity (Wildman–Crippen MR) is 66.2 cm³/mol. The molecule has 0 amide bonds. The summed E-state index contributed by atoms with van der Waals surface area (Å²) in [4.78, 5) is 21.6. The van der Waals surface area contributed by atoms with Crippen molar-refractivity contribution in [3.63, 3.8) is 0 Å². The largest absolute Gasteiger partial charge is 0.478 e. The first kappa shape index (κ1) is 13.2. The molecule has 6 heteroatoms. The molecule has 0 heterocycles. The zero-order valence-corrected chi connectivity index (χ0v) is 10.2. The minimum atomic E-state index is -1.07. The maximum atomic E-state index is 10.7. The summed E-state index contributed by atoms with van der Waals surface area (Å²) in [5, 5.41) is 19.3. The molecule has 1 aromatic rings. The first-order valence-electron chi connectivity index (χ1n) is 4.69. The third-order valence-corrected chi connectivity index (χ3v) is 2.95. The van der Waals surface area contributed by atoms with Crippen LogP contribution < -0.4 is 0 Å². The second-order valence-electron chi connectivity index (χ2n) is 3.31. The Balaban J connectivity index is 3.32. The molecule has 0 bridgehead atoms. The average Bonchev–Trinajstić information content (AvgIpc) is 2.27. The Kier molecular flexibility index (Phi) is 4.28. The van der Waals surface area contributed by atoms with Crippen LogP contribution in [0.5, 0.6) is 0 Å². The van der Waals surface area contributed by atoms with E-state index in [1.165, 1.54) is 23.9 Å². The number of carboxylic acids is 1. The summed E-state index contributed by atoms with van der Waals surface area (Å²) in [5.74, 6) is -1.07. The maximum Gasteiger partial charge on any atom is 0.328 e. The number of nitrogens with zero attached hydrogens (tertiary/aromatic N) is 1. The van der Waals surface area contributed by atoms with Crippen molar-refractivity contribution in [3.05, 3.63) is 40.0 Å². The zero-order chi connectivity index (χ0) is 13.0. The highest BCUT2D eigenvalue weighted by Gasteiger charge is 2.12. The van der Waals surface area contributed by atoms with Gasteiger partial charge in [0.15, 0.2) is 0 Å². The number of nitro groups is 1. The van der Waals surface area contributed by atoms with Gasteiger partial charge in [-0.1, -0.05) is 0 Å². The van der Waals surface area contributed by atoms with E-state index in [2.05, 4.69) is 0 Å². The molecule has 5 nitrogen and oxygen atoms in total. The van der Waals surface area contributed by atoms with Gasteiger partial charge in [0.1, 0.15) is 0 Å². The average molecular weight is 253 g/mol. The minimum absolute atomic E-state index is 0.0454. The van der Waals surface area contributed by atoms with Crippen LogP contribution in [-0.4, -0.2) is 22.3 Å². The van der Waals surface area contributed by atoms with Crippen molar-refractivity contribution >= 4 is 29.0 Å². The molecule has 90 valence electrons. The molecule has 0 spiro atoms. The lowest BCUT2D eigenvalue weighted by Gasteiger charge is -2.06. The predicted octanol–water partition coefficient (Wildman–Crippen LogP) is 2.80. The standard InChI is InChI=1S/C11H11NO4S/c1-7(5-11(13)14)9-6-8(12(15)16)3-4-10(9)17-2/h3-6H,1-2H3,(H,13,14). The molecule has 0 fully saturated rings. The molecular formula is C11H11NO4S. The Morgan fingerprint density at radius 1 is 1.53 bits per heavy atom. The number of hydrogen-bond acceptors (Lipinski definition) is 4. The number of non-ortho nitro benzene ring substituents is 1. The fraction of sp³-hybridized carbons (Fsp3) is 0.182. The summed E-state index contributed by atoms with van der Waals surface area (Å²) in [7, 11) is 0. The third-order valence-electron chi connectivity index (χ3n) is 2.16. The Labute approximate surface area is 102 Å². The highest BCUT2D eigenvalue weighted by molar-refractivity contribution is 7.98. The van der Waals surface area contributed by atoms with Crippen LogP contribution in [0, 0.1) is 10.1 Å². The second-order valence-corrected chi connectivity index (χ2v) is 4.16. The molecule has 0 aliphatic heterocycles. The fourth-order valence-electron chi connectivity index (χ4n) is 1.38. The highest BCUT2D eigenvalue weighted by atomic mass is 32.2. The summed E-state index contributed by atoms with van der Waals surface area (Å²) >= 11 is 1.41. The van der Waals surface area contributed by atoms with Gasteiger partial charge in [0, 0.05) is 23.1 Å². The van der Waals surface area contributed by atoms with E-state index in [0.717, 1.165) is 11.0 Å². The van der Waals surface area contributed by atoms with Crippen molar-refractivity contribution < 1.29 is 14.8 Å². The molecule has 1 N–H and O–H groups in total. The molecule has 0 saturated carbocycles. The Morgan fingerprint density at radius 3 is 2.65 bits per heavy atom. The van der Waals surface area contributed by atoms with Crippen LogP contribution in [0.2, 0.25) is 0 Å². The van der Waals surface area contributed by atoms with Crippen LogP contribution in [0.1, 0.15) is 12.5 Å². The highest BCUT2D eigenvalue weighted by Crippen LogP contribution is 2.30. The lowest BCUT2D eigenvalue weighted by Crippen LogP contribution is -1.94. The van der Waals surface area contributed by atoms with Crippen LogP contribution in [-0.2, 0) is 4.79 Å². The molecule has 0 radical (unpaired) electrons. The normalized spacial score (nSPS) is 11.3. The maximum absolute atomic E-state index is 10.7. The van der Waals surface area contributed by atoms with Crippen LogP contribution in [0.25, 0.3) is 5.57 Å². The van der Waals surface area contributed by atoms with Gasteiger partial charge >= 0.3 is 5.97 Å². The van der Waals surface area contributed by atoms with Gasteiger partial charge in [-0.05, 0) is 30.4 Å². The number of nitro benzene ring substituents is 1. The van der Waals surface area contributed by atoms with Crippen molar-refractivity contribution in [1.29, 1.82) is 0 Å². The molecule has 0 saturated heterocycles. The summed E-state index contributed by atoms with van der Waals surface area (Å²) < 4.78 is 0. The van der Waals surface area contributed by atoms with Crippen molar-refractivity contribution in [1.82, 2.24) is 0 Å². The number of benzene rings is 1. The lowest BCUT2D eigenvalue weighted by atomic mass is 10.1. The minimum Gasteiger partial charge on any atom is -0.478 e. The van der Waals surface area contributed by atoms with Crippen LogP contribution in [0.3, 0.4) is 0 Å². The van der Waals surface area contributed by atoms with E-state index in [-0.39, 0.29) is 5.69 Å². The smallest absolute Gasteiger partial charge is 0.328 e. The van der Waals surface area contributed by atoms with Gasteiger partial charge in [-0.15, -0.1) is 11.8 Å². The zero-order valence-electron chi connectivity index (χ0n) is 9.34. The Hall–Kier alpha value is -1.82. The number of allylic oxidation sites excluding steroid dienone is 1. The molecule has 1 rings (SSSR count). The second kappa shape index (κ2) is 5.49. The van der Waals surface area contributed by atoms with E-state index in [1.54, 1.807) is 13.0 Å². The van der Waals surface area contributed by atoms with E-state index in [4.69, 9.17) is 5.11 Å².